The van der Waals surface area contributed by atoms with E-state index in [4.69, 9.17) is 11.6 Å². The molecule has 0 fully saturated rings. The van der Waals surface area contributed by atoms with Crippen molar-refractivity contribution in [2.45, 2.75) is 25.5 Å². The summed E-state index contributed by atoms with van der Waals surface area (Å²) in [5, 5.41) is 5.37. The van der Waals surface area contributed by atoms with E-state index >= 15 is 0 Å². The van der Waals surface area contributed by atoms with E-state index in [-0.39, 0.29) is 0 Å². The largest absolute Gasteiger partial charge is 0.331 e. The zero-order valence-corrected chi connectivity index (χ0v) is 13.4. The van der Waals surface area contributed by atoms with Crippen LogP contribution in [0.4, 0.5) is 0 Å². The van der Waals surface area contributed by atoms with E-state index < -0.39 is 15.4 Å². The summed E-state index contributed by atoms with van der Waals surface area (Å²) in [6.45, 7) is 3.35. The first-order valence-corrected chi connectivity index (χ1v) is 8.43. The van der Waals surface area contributed by atoms with Crippen LogP contribution in [0.3, 0.4) is 0 Å². The lowest BCUT2D eigenvalue weighted by Gasteiger charge is -2.07. The number of nitrogens with zero attached hydrogens (tertiary/aromatic N) is 1. The van der Waals surface area contributed by atoms with E-state index in [0.29, 0.717) is 17.0 Å². The van der Waals surface area contributed by atoms with Gasteiger partial charge >= 0.3 is 10.1 Å². The maximum Gasteiger partial charge on any atom is 0.331 e. The Bertz CT molecular complexity index is 772. The molecular formula is C15H16ClNO3S. The Hall–Kier alpha value is -1.59. The Labute approximate surface area is 129 Å². The molecule has 1 unspecified atom stereocenters. The molecule has 1 atom stereocenters. The summed E-state index contributed by atoms with van der Waals surface area (Å²) in [5.74, 6) is 0. The molecule has 112 valence electrons. The van der Waals surface area contributed by atoms with Gasteiger partial charge in [-0.1, -0.05) is 54.0 Å². The van der Waals surface area contributed by atoms with Crippen molar-refractivity contribution in [2.75, 3.05) is 0 Å². The molecule has 4 nitrogen and oxygen atoms in total. The second kappa shape index (κ2) is 6.45. The lowest BCUT2D eigenvalue weighted by Crippen LogP contribution is -2.17. The van der Waals surface area contributed by atoms with Gasteiger partial charge in [0.1, 0.15) is 0 Å². The van der Waals surface area contributed by atoms with Crippen LogP contribution < -0.4 is 0 Å². The number of oxime groups is 1. The normalized spacial score (nSPS) is 13.7. The van der Waals surface area contributed by atoms with Gasteiger partial charge in [-0.3, -0.25) is 4.28 Å². The SMILES string of the molecule is CCC(C)S(=O)(=O)O/N=C/c1c(Cl)ccc2ccccc12. The van der Waals surface area contributed by atoms with Crippen LogP contribution >= 0.6 is 11.6 Å². The Morgan fingerprint density at radius 2 is 2.00 bits per heavy atom. The average molecular weight is 326 g/mol. The molecule has 0 aliphatic heterocycles. The predicted molar refractivity (Wildman–Crippen MR) is 86.3 cm³/mol. The lowest BCUT2D eigenvalue weighted by molar-refractivity contribution is 0.334. The van der Waals surface area contributed by atoms with Gasteiger partial charge in [0.25, 0.3) is 0 Å². The Balaban J connectivity index is 2.32. The van der Waals surface area contributed by atoms with Crippen LogP contribution in [-0.4, -0.2) is 19.9 Å². The van der Waals surface area contributed by atoms with E-state index in [1.54, 1.807) is 19.9 Å². The van der Waals surface area contributed by atoms with Crippen LogP contribution in [0.25, 0.3) is 10.8 Å². The van der Waals surface area contributed by atoms with E-state index in [1.165, 1.54) is 6.21 Å². The summed E-state index contributed by atoms with van der Waals surface area (Å²) in [7, 11) is -3.69. The van der Waals surface area contributed by atoms with Gasteiger partial charge in [0.15, 0.2) is 0 Å². The zero-order valence-electron chi connectivity index (χ0n) is 11.8. The van der Waals surface area contributed by atoms with Gasteiger partial charge in [-0.2, -0.15) is 8.42 Å². The summed E-state index contributed by atoms with van der Waals surface area (Å²) in [6, 6.07) is 11.3. The van der Waals surface area contributed by atoms with Crippen molar-refractivity contribution in [3.8, 4) is 0 Å². The number of halogens is 1. The third-order valence-corrected chi connectivity index (χ3v) is 5.26. The minimum atomic E-state index is -3.69. The second-order valence-corrected chi connectivity index (χ2v) is 7.05. The molecule has 0 aliphatic carbocycles. The third kappa shape index (κ3) is 3.54. The van der Waals surface area contributed by atoms with Crippen molar-refractivity contribution in [1.82, 2.24) is 0 Å². The maximum atomic E-state index is 11.7. The summed E-state index contributed by atoms with van der Waals surface area (Å²) in [6.07, 6.45) is 1.80. The van der Waals surface area contributed by atoms with Gasteiger partial charge in [-0.25, -0.2) is 0 Å². The highest BCUT2D eigenvalue weighted by Crippen LogP contribution is 2.24. The van der Waals surface area contributed by atoms with E-state index in [2.05, 4.69) is 9.44 Å². The molecular weight excluding hydrogens is 310 g/mol. The molecule has 0 radical (unpaired) electrons. The van der Waals surface area contributed by atoms with Gasteiger partial charge in [0, 0.05) is 5.56 Å². The quantitative estimate of drug-likeness (QED) is 0.617. The van der Waals surface area contributed by atoms with Crippen LogP contribution in [-0.2, 0) is 14.4 Å². The molecule has 2 rings (SSSR count). The second-order valence-electron chi connectivity index (χ2n) is 4.70. The summed E-state index contributed by atoms with van der Waals surface area (Å²) >= 11 is 6.15. The first kappa shape index (κ1) is 15.8. The predicted octanol–water partition coefficient (Wildman–Crippen LogP) is 3.97. The molecule has 2 aromatic carbocycles. The van der Waals surface area contributed by atoms with Gasteiger partial charge in [-0.05, 0) is 30.2 Å². The Morgan fingerprint density at radius 3 is 2.71 bits per heavy atom. The van der Waals surface area contributed by atoms with Crippen LogP contribution in [0.15, 0.2) is 41.6 Å². The average Bonchev–Trinajstić information content (AvgIpc) is 2.48. The van der Waals surface area contributed by atoms with Crippen molar-refractivity contribution in [3.63, 3.8) is 0 Å². The highest BCUT2D eigenvalue weighted by atomic mass is 35.5. The van der Waals surface area contributed by atoms with Crippen LogP contribution in [0.1, 0.15) is 25.8 Å². The van der Waals surface area contributed by atoms with Gasteiger partial charge in [-0.15, -0.1) is 0 Å². The molecule has 0 amide bonds. The molecule has 2 aromatic rings. The number of hydrogen-bond donors (Lipinski definition) is 0. The van der Waals surface area contributed by atoms with Crippen molar-refractivity contribution in [3.05, 3.63) is 47.0 Å². The summed E-state index contributed by atoms with van der Waals surface area (Å²) in [4.78, 5) is 0. The number of hydrogen-bond acceptors (Lipinski definition) is 4. The fourth-order valence-electron chi connectivity index (χ4n) is 1.81. The van der Waals surface area contributed by atoms with Crippen molar-refractivity contribution >= 4 is 38.7 Å². The molecule has 0 aliphatic rings. The van der Waals surface area contributed by atoms with Gasteiger partial charge < -0.3 is 0 Å². The van der Waals surface area contributed by atoms with Crippen molar-refractivity contribution < 1.29 is 12.7 Å². The molecule has 0 spiro atoms. The number of rotatable bonds is 5. The summed E-state index contributed by atoms with van der Waals surface area (Å²) < 4.78 is 28.1. The topological polar surface area (TPSA) is 55.7 Å². The van der Waals surface area contributed by atoms with Crippen molar-refractivity contribution in [2.24, 2.45) is 5.16 Å². The third-order valence-electron chi connectivity index (χ3n) is 3.31. The molecule has 21 heavy (non-hydrogen) atoms. The highest BCUT2D eigenvalue weighted by Gasteiger charge is 2.20. The Morgan fingerprint density at radius 1 is 1.29 bits per heavy atom. The molecule has 0 heterocycles. The van der Waals surface area contributed by atoms with E-state index in [1.807, 2.05) is 30.3 Å². The van der Waals surface area contributed by atoms with Crippen LogP contribution in [0.5, 0.6) is 0 Å². The van der Waals surface area contributed by atoms with Crippen molar-refractivity contribution in [1.29, 1.82) is 0 Å². The van der Waals surface area contributed by atoms with E-state index in [0.717, 1.165) is 10.8 Å². The molecule has 0 bridgehead atoms. The van der Waals surface area contributed by atoms with Gasteiger partial charge in [0.2, 0.25) is 0 Å². The Kier molecular flexibility index (Phi) is 4.85. The molecule has 0 saturated heterocycles. The first-order valence-electron chi connectivity index (χ1n) is 6.58. The number of benzene rings is 2. The van der Waals surface area contributed by atoms with Crippen LogP contribution in [0.2, 0.25) is 5.02 Å². The summed E-state index contributed by atoms with van der Waals surface area (Å²) in [5.41, 5.74) is 0.633. The molecule has 0 aromatic heterocycles. The molecule has 0 N–H and O–H groups in total. The fraction of sp³-hybridized carbons (Fsp3) is 0.267. The zero-order chi connectivity index (χ0) is 15.5. The minimum absolute atomic E-state index is 0.465. The highest BCUT2D eigenvalue weighted by molar-refractivity contribution is 7.87. The number of fused-ring (bicyclic) bond motifs is 1. The minimum Gasteiger partial charge on any atom is -0.268 e. The maximum absolute atomic E-state index is 11.7. The van der Waals surface area contributed by atoms with E-state index in [9.17, 15) is 8.42 Å². The molecule has 6 heteroatoms. The molecule has 0 saturated carbocycles. The fourth-order valence-corrected chi connectivity index (χ4v) is 2.74. The van der Waals surface area contributed by atoms with Crippen LogP contribution in [0, 0.1) is 0 Å². The standard InChI is InChI=1S/C15H16ClNO3S/c1-3-11(2)21(18,19)20-17-10-14-13-7-5-4-6-12(13)8-9-15(14)16/h4-11H,3H2,1-2H3/b17-10+. The monoisotopic (exact) mass is 325 g/mol. The lowest BCUT2D eigenvalue weighted by atomic mass is 10.1. The first-order chi connectivity index (χ1) is 9.95. The smallest absolute Gasteiger partial charge is 0.268 e. The van der Waals surface area contributed by atoms with Gasteiger partial charge in [0.05, 0.1) is 16.5 Å².